The molecular weight excluding hydrogens is 916 g/mol. The van der Waals surface area contributed by atoms with Crippen molar-refractivity contribution < 1.29 is 25.8 Å². The molecule has 6 heteroatoms. The molecule has 0 amide bonds. The molecular formula is C54H57N4OPt-3. The Labute approximate surface area is 372 Å². The van der Waals surface area contributed by atoms with Crippen LogP contribution in [0.2, 0.25) is 0 Å². The molecule has 3 heterocycles. The predicted molar refractivity (Wildman–Crippen MR) is 247 cm³/mol. The summed E-state index contributed by atoms with van der Waals surface area (Å²) in [5.41, 5.74) is 10.8. The van der Waals surface area contributed by atoms with Gasteiger partial charge in [-0.25, -0.2) is 4.98 Å². The zero-order chi connectivity index (χ0) is 42.1. The summed E-state index contributed by atoms with van der Waals surface area (Å²) in [5.74, 6) is 2.12. The number of ether oxygens (including phenoxy) is 1. The fourth-order valence-electron chi connectivity index (χ4n) is 8.16. The first-order valence-electron chi connectivity index (χ1n) is 20.8. The number of benzene rings is 5. The van der Waals surface area contributed by atoms with Crippen LogP contribution in [0.1, 0.15) is 94.2 Å². The molecule has 0 saturated carbocycles. The minimum Gasteiger partial charge on any atom is -0.509 e. The molecule has 1 aliphatic rings. The summed E-state index contributed by atoms with van der Waals surface area (Å²) in [5, 5.41) is 2.25. The van der Waals surface area contributed by atoms with E-state index in [-0.39, 0.29) is 42.7 Å². The number of para-hydroxylation sites is 1. The number of hydrogen-bond acceptors (Lipinski definition) is 4. The van der Waals surface area contributed by atoms with Gasteiger partial charge in [0.2, 0.25) is 0 Å². The average Bonchev–Trinajstić information content (AvgIpc) is 3.76. The smallest absolute Gasteiger partial charge is 0.135 e. The maximum atomic E-state index is 6.85. The van der Waals surface area contributed by atoms with E-state index in [0.717, 1.165) is 44.6 Å². The summed E-state index contributed by atoms with van der Waals surface area (Å²) < 4.78 is 9.06. The molecule has 0 saturated heterocycles. The molecule has 0 fully saturated rings. The summed E-state index contributed by atoms with van der Waals surface area (Å²) in [6.07, 6.45) is 1.91. The van der Waals surface area contributed by atoms with Gasteiger partial charge in [0.05, 0.1) is 0 Å². The van der Waals surface area contributed by atoms with E-state index < -0.39 is 0 Å². The van der Waals surface area contributed by atoms with E-state index in [1.165, 1.54) is 28.1 Å². The Hall–Kier alpha value is -5.12. The Balaban J connectivity index is 0.00000544. The summed E-state index contributed by atoms with van der Waals surface area (Å²) in [7, 11) is 0. The van der Waals surface area contributed by atoms with Crippen molar-refractivity contribution >= 4 is 33.2 Å². The Morgan fingerprint density at radius 1 is 0.533 bits per heavy atom. The molecule has 7 aromatic rings. The van der Waals surface area contributed by atoms with Crippen molar-refractivity contribution in [3.05, 3.63) is 163 Å². The number of aromatic nitrogens is 2. The zero-order valence-electron chi connectivity index (χ0n) is 37.1. The molecule has 0 bridgehead atoms. The van der Waals surface area contributed by atoms with E-state index in [2.05, 4.69) is 225 Å². The second-order valence-electron chi connectivity index (χ2n) is 20.0. The summed E-state index contributed by atoms with van der Waals surface area (Å²) in [6.45, 7) is 29.5. The number of fused-ring (bicyclic) bond motifs is 3. The third-order valence-electron chi connectivity index (χ3n) is 11.2. The van der Waals surface area contributed by atoms with Gasteiger partial charge in [0.25, 0.3) is 0 Å². The fourth-order valence-corrected chi connectivity index (χ4v) is 8.16. The minimum absolute atomic E-state index is 0. The molecule has 0 radical (unpaired) electrons. The van der Waals surface area contributed by atoms with E-state index in [1.54, 1.807) is 0 Å². The number of allylic oxidation sites excluding steroid dienone is 2. The Morgan fingerprint density at radius 2 is 1.15 bits per heavy atom. The number of nitrogens with zero attached hydrogens (tertiary/aromatic N) is 4. The molecule has 0 N–H and O–H groups in total. The van der Waals surface area contributed by atoms with Gasteiger partial charge in [-0.05, 0) is 63.2 Å². The Kier molecular flexibility index (Phi) is 11.3. The first-order chi connectivity index (χ1) is 27.8. The van der Waals surface area contributed by atoms with Crippen molar-refractivity contribution in [3.63, 3.8) is 0 Å². The van der Waals surface area contributed by atoms with Gasteiger partial charge in [0.15, 0.2) is 0 Å². The van der Waals surface area contributed by atoms with Crippen LogP contribution < -0.4 is 14.5 Å². The monoisotopic (exact) mass is 972 g/mol. The minimum atomic E-state index is -0.199. The predicted octanol–water partition coefficient (Wildman–Crippen LogP) is 14.6. The Morgan fingerprint density at radius 3 is 1.80 bits per heavy atom. The van der Waals surface area contributed by atoms with Crippen LogP contribution in [0.15, 0.2) is 133 Å². The normalized spacial score (nSPS) is 14.0. The molecule has 1 aliphatic heterocycles. The molecule has 5 aromatic carbocycles. The summed E-state index contributed by atoms with van der Waals surface area (Å²) in [4.78, 5) is 9.59. The van der Waals surface area contributed by atoms with Crippen LogP contribution in [-0.2, 0) is 31.9 Å². The molecule has 0 spiro atoms. The molecule has 0 aliphatic carbocycles. The van der Waals surface area contributed by atoms with Gasteiger partial charge >= 0.3 is 0 Å². The van der Waals surface area contributed by atoms with E-state index in [4.69, 9.17) is 9.72 Å². The fraction of sp³-hybridized carbons (Fsp3) is 0.296. The van der Waals surface area contributed by atoms with E-state index in [0.29, 0.717) is 11.5 Å². The maximum Gasteiger partial charge on any atom is 0.135 e. The van der Waals surface area contributed by atoms with Crippen molar-refractivity contribution in [2.45, 2.75) is 93.9 Å². The van der Waals surface area contributed by atoms with Crippen LogP contribution in [0.5, 0.6) is 11.5 Å². The standard InChI is InChI=1S/C54H57N4O.Pt/c1-51(2,3)38-28-29-55-48(32-38)58-46-21-17-16-20-44(46)45-27-26-42(34-47(45)58)59-43-31-39(52(4,5)6)30-41(33-43)57-35-56(49(53(7,8)9)50(57)54(10,11)12)40-24-22-37(23-25-40)36-18-14-13-15-19-36;/h13-32,35H,1-12H3;/q-3;. The molecule has 2 aromatic heterocycles. The summed E-state index contributed by atoms with van der Waals surface area (Å²) in [6, 6.07) is 48.3. The van der Waals surface area contributed by atoms with Crippen molar-refractivity contribution in [1.82, 2.24) is 9.55 Å². The van der Waals surface area contributed by atoms with Crippen LogP contribution in [0.25, 0.3) is 38.8 Å². The van der Waals surface area contributed by atoms with Crippen LogP contribution in [0, 0.1) is 29.6 Å². The number of pyridine rings is 1. The van der Waals surface area contributed by atoms with Gasteiger partial charge in [-0.3, -0.25) is 0 Å². The van der Waals surface area contributed by atoms with Crippen LogP contribution in [0.3, 0.4) is 0 Å². The average molecular weight is 973 g/mol. The third kappa shape index (κ3) is 8.31. The van der Waals surface area contributed by atoms with Crippen molar-refractivity contribution in [2.75, 3.05) is 9.80 Å². The van der Waals surface area contributed by atoms with Gasteiger partial charge in [-0.2, -0.15) is 6.07 Å². The van der Waals surface area contributed by atoms with E-state index >= 15 is 0 Å². The zero-order valence-corrected chi connectivity index (χ0v) is 39.4. The third-order valence-corrected chi connectivity index (χ3v) is 11.2. The number of rotatable bonds is 6. The quantitative estimate of drug-likeness (QED) is 0.156. The first-order valence-corrected chi connectivity index (χ1v) is 20.8. The Bertz CT molecular complexity index is 2700. The largest absolute Gasteiger partial charge is 0.509 e. The maximum absolute atomic E-state index is 6.85. The molecule has 312 valence electrons. The molecule has 8 rings (SSSR count). The number of anilines is 2. The van der Waals surface area contributed by atoms with E-state index in [1.807, 2.05) is 12.3 Å². The van der Waals surface area contributed by atoms with Gasteiger partial charge in [0.1, 0.15) is 5.82 Å². The van der Waals surface area contributed by atoms with E-state index in [9.17, 15) is 0 Å². The van der Waals surface area contributed by atoms with Crippen LogP contribution in [0.4, 0.5) is 11.4 Å². The second-order valence-corrected chi connectivity index (χ2v) is 20.0. The van der Waals surface area contributed by atoms with Gasteiger partial charge in [-0.1, -0.05) is 149 Å². The van der Waals surface area contributed by atoms with Crippen LogP contribution in [-0.4, -0.2) is 9.55 Å². The molecule has 60 heavy (non-hydrogen) atoms. The van der Waals surface area contributed by atoms with Gasteiger partial charge < -0.3 is 19.1 Å². The van der Waals surface area contributed by atoms with Gasteiger partial charge in [0, 0.05) is 72.2 Å². The van der Waals surface area contributed by atoms with Gasteiger partial charge in [-0.15, -0.1) is 53.6 Å². The molecule has 0 atom stereocenters. The number of hydrogen-bond donors (Lipinski definition) is 0. The molecule has 5 nitrogen and oxygen atoms in total. The molecule has 0 unspecified atom stereocenters. The first kappa shape index (κ1) is 43.0. The van der Waals surface area contributed by atoms with Crippen LogP contribution >= 0.6 is 0 Å². The van der Waals surface area contributed by atoms with Crippen molar-refractivity contribution in [1.29, 1.82) is 0 Å². The summed E-state index contributed by atoms with van der Waals surface area (Å²) >= 11 is 0. The van der Waals surface area contributed by atoms with Crippen molar-refractivity contribution in [3.8, 4) is 28.4 Å². The topological polar surface area (TPSA) is 33.5 Å². The SMILES string of the molecule is CC(C)(C)C1=C(C(C)(C)C)N(c2ccc(-c3ccccc3)cc2)[CH-]N1c1[c-]c(Oc2[c-]c3c(cc2)c2ccccc2n3-c2cc(C(C)(C)C)ccn2)cc(C(C)(C)C)c1.[Pt]. The second kappa shape index (κ2) is 15.7. The van der Waals surface area contributed by atoms with Crippen molar-refractivity contribution in [2.24, 2.45) is 10.8 Å².